The molecule has 0 spiro atoms. The number of para-hydroxylation sites is 1. The number of nitrogens with zero attached hydrogens (tertiary/aromatic N) is 1. The average molecular weight is 380 g/mol. The lowest BCUT2D eigenvalue weighted by molar-refractivity contribution is -0.122. The van der Waals surface area contributed by atoms with Gasteiger partial charge in [-0.3, -0.25) is 9.59 Å². The largest absolute Gasteiger partial charge is 0.481 e. The molecule has 0 saturated carbocycles. The fourth-order valence-corrected chi connectivity index (χ4v) is 3.37. The Kier molecular flexibility index (Phi) is 6.69. The molecule has 148 valence electrons. The number of aryl methyl sites for hydroxylation is 1. The third kappa shape index (κ3) is 4.71. The number of likely N-dealkylation sites (tertiary alicyclic amines) is 1. The summed E-state index contributed by atoms with van der Waals surface area (Å²) in [5.74, 6) is 0.391. The summed E-state index contributed by atoms with van der Waals surface area (Å²) in [5.41, 5.74) is 2.28. The molecule has 0 bridgehead atoms. The third-order valence-electron chi connectivity index (χ3n) is 5.08. The molecule has 1 saturated heterocycles. The monoisotopic (exact) mass is 380 g/mol. The van der Waals surface area contributed by atoms with Crippen LogP contribution in [0.4, 0.5) is 5.69 Å². The van der Waals surface area contributed by atoms with Gasteiger partial charge >= 0.3 is 0 Å². The van der Waals surface area contributed by atoms with Crippen LogP contribution >= 0.6 is 0 Å². The van der Waals surface area contributed by atoms with E-state index in [0.29, 0.717) is 23.4 Å². The summed E-state index contributed by atoms with van der Waals surface area (Å²) in [6, 6.07) is 15.0. The molecular formula is C23H28N2O3. The van der Waals surface area contributed by atoms with E-state index < -0.39 is 6.10 Å². The zero-order valence-corrected chi connectivity index (χ0v) is 16.6. The Bertz CT molecular complexity index is 811. The normalized spacial score (nSPS) is 14.6. The molecule has 0 aromatic heterocycles. The molecule has 1 aliphatic heterocycles. The minimum absolute atomic E-state index is 0.0301. The number of hydrogen-bond acceptors (Lipinski definition) is 3. The number of carbonyl (C=O) groups is 2. The predicted octanol–water partition coefficient (Wildman–Crippen LogP) is 4.28. The lowest BCUT2D eigenvalue weighted by Gasteiger charge is -2.20. The molecule has 28 heavy (non-hydrogen) atoms. The van der Waals surface area contributed by atoms with Crippen LogP contribution in [0.3, 0.4) is 0 Å². The van der Waals surface area contributed by atoms with Crippen molar-refractivity contribution in [3.8, 4) is 5.75 Å². The van der Waals surface area contributed by atoms with Gasteiger partial charge in [-0.1, -0.05) is 38.1 Å². The van der Waals surface area contributed by atoms with Crippen LogP contribution in [0.15, 0.2) is 48.5 Å². The van der Waals surface area contributed by atoms with Crippen molar-refractivity contribution in [2.75, 3.05) is 18.4 Å². The van der Waals surface area contributed by atoms with Gasteiger partial charge in [0, 0.05) is 13.1 Å². The maximum absolute atomic E-state index is 12.8. The van der Waals surface area contributed by atoms with Gasteiger partial charge in [-0.2, -0.15) is 0 Å². The van der Waals surface area contributed by atoms with Crippen molar-refractivity contribution in [2.45, 2.75) is 45.6 Å². The molecule has 2 aromatic rings. The number of nitrogens with one attached hydrogen (secondary N) is 1. The van der Waals surface area contributed by atoms with Crippen molar-refractivity contribution in [1.29, 1.82) is 0 Å². The zero-order chi connectivity index (χ0) is 19.9. The van der Waals surface area contributed by atoms with Crippen LogP contribution in [-0.4, -0.2) is 35.9 Å². The maximum atomic E-state index is 12.8. The van der Waals surface area contributed by atoms with E-state index in [2.05, 4.69) is 12.2 Å². The van der Waals surface area contributed by atoms with E-state index in [9.17, 15) is 9.59 Å². The van der Waals surface area contributed by atoms with E-state index in [0.717, 1.165) is 32.4 Å². The number of hydrogen-bond donors (Lipinski definition) is 1. The van der Waals surface area contributed by atoms with Crippen molar-refractivity contribution in [1.82, 2.24) is 4.90 Å². The van der Waals surface area contributed by atoms with E-state index in [1.54, 1.807) is 12.1 Å². The molecule has 3 rings (SSSR count). The Labute approximate surface area is 166 Å². The lowest BCUT2D eigenvalue weighted by Crippen LogP contribution is -2.34. The highest BCUT2D eigenvalue weighted by atomic mass is 16.5. The number of anilines is 1. The minimum atomic E-state index is -0.623. The quantitative estimate of drug-likeness (QED) is 0.780. The summed E-state index contributed by atoms with van der Waals surface area (Å²) in [6.07, 6.45) is 2.93. The molecule has 5 heteroatoms. The lowest BCUT2D eigenvalue weighted by atomic mass is 10.1. The highest BCUT2D eigenvalue weighted by Crippen LogP contribution is 2.21. The van der Waals surface area contributed by atoms with Gasteiger partial charge in [-0.15, -0.1) is 0 Å². The van der Waals surface area contributed by atoms with Gasteiger partial charge < -0.3 is 15.0 Å². The Morgan fingerprint density at radius 3 is 2.36 bits per heavy atom. The number of carbonyl (C=O) groups excluding carboxylic acids is 2. The molecule has 1 aliphatic rings. The van der Waals surface area contributed by atoms with Gasteiger partial charge in [-0.05, 0) is 55.5 Å². The van der Waals surface area contributed by atoms with Gasteiger partial charge in [0.05, 0.1) is 11.3 Å². The second kappa shape index (κ2) is 9.40. The zero-order valence-electron chi connectivity index (χ0n) is 16.6. The van der Waals surface area contributed by atoms with Crippen LogP contribution in [0, 0.1) is 0 Å². The Hall–Kier alpha value is -2.82. The number of ether oxygens (including phenoxy) is 1. The van der Waals surface area contributed by atoms with Gasteiger partial charge in [0.15, 0.2) is 6.10 Å². The first-order valence-electron chi connectivity index (χ1n) is 10.1. The van der Waals surface area contributed by atoms with E-state index in [1.807, 2.05) is 48.2 Å². The number of amides is 2. The van der Waals surface area contributed by atoms with Gasteiger partial charge in [0.2, 0.25) is 0 Å². The molecule has 1 atom stereocenters. The van der Waals surface area contributed by atoms with Crippen LogP contribution in [0.1, 0.15) is 49.0 Å². The predicted molar refractivity (Wildman–Crippen MR) is 111 cm³/mol. The van der Waals surface area contributed by atoms with Crippen LogP contribution < -0.4 is 10.1 Å². The number of rotatable bonds is 7. The first kappa shape index (κ1) is 19.9. The van der Waals surface area contributed by atoms with Crippen LogP contribution in [0.2, 0.25) is 0 Å². The van der Waals surface area contributed by atoms with Crippen LogP contribution in [-0.2, 0) is 11.2 Å². The topological polar surface area (TPSA) is 58.6 Å². The molecule has 2 amide bonds. The Balaban J connectivity index is 1.71. The Morgan fingerprint density at radius 2 is 1.71 bits per heavy atom. The molecule has 2 aromatic carbocycles. The van der Waals surface area contributed by atoms with Crippen molar-refractivity contribution in [2.24, 2.45) is 0 Å². The van der Waals surface area contributed by atoms with Crippen LogP contribution in [0.5, 0.6) is 5.75 Å². The summed E-state index contributed by atoms with van der Waals surface area (Å²) in [5, 5.41) is 2.90. The molecule has 5 nitrogen and oxygen atoms in total. The molecule has 1 unspecified atom stereocenters. The summed E-state index contributed by atoms with van der Waals surface area (Å²) < 4.78 is 5.89. The highest BCUT2D eigenvalue weighted by molar-refractivity contribution is 6.04. The first-order chi connectivity index (χ1) is 13.6. The van der Waals surface area contributed by atoms with Crippen LogP contribution in [0.25, 0.3) is 0 Å². The van der Waals surface area contributed by atoms with Gasteiger partial charge in [0.1, 0.15) is 5.75 Å². The van der Waals surface area contributed by atoms with E-state index in [4.69, 9.17) is 4.74 Å². The fourth-order valence-electron chi connectivity index (χ4n) is 3.37. The fraction of sp³-hybridized carbons (Fsp3) is 0.391. The first-order valence-corrected chi connectivity index (χ1v) is 10.1. The van der Waals surface area contributed by atoms with E-state index >= 15 is 0 Å². The van der Waals surface area contributed by atoms with Crippen molar-refractivity contribution >= 4 is 17.5 Å². The highest BCUT2D eigenvalue weighted by Gasteiger charge is 2.24. The molecule has 1 fully saturated rings. The van der Waals surface area contributed by atoms with E-state index in [-0.39, 0.29) is 11.8 Å². The van der Waals surface area contributed by atoms with Crippen molar-refractivity contribution in [3.63, 3.8) is 0 Å². The minimum Gasteiger partial charge on any atom is -0.481 e. The van der Waals surface area contributed by atoms with Crippen molar-refractivity contribution < 1.29 is 14.3 Å². The molecular weight excluding hydrogens is 352 g/mol. The van der Waals surface area contributed by atoms with E-state index in [1.165, 1.54) is 5.56 Å². The standard InChI is InChI=1S/C23H28N2O3/c1-3-17-11-13-18(14-12-17)28-21(4-2)22(26)24-20-10-6-5-9-19(20)23(27)25-15-7-8-16-25/h5-6,9-14,21H,3-4,7-8,15-16H2,1-2H3,(H,24,26). The average Bonchev–Trinajstić information content (AvgIpc) is 3.27. The third-order valence-corrected chi connectivity index (χ3v) is 5.08. The van der Waals surface area contributed by atoms with Gasteiger partial charge in [-0.25, -0.2) is 0 Å². The summed E-state index contributed by atoms with van der Waals surface area (Å²) in [6.45, 7) is 5.55. The second-order valence-corrected chi connectivity index (χ2v) is 7.05. The van der Waals surface area contributed by atoms with Gasteiger partial charge in [0.25, 0.3) is 11.8 Å². The molecule has 1 heterocycles. The molecule has 0 radical (unpaired) electrons. The molecule has 1 N–H and O–H groups in total. The summed E-state index contributed by atoms with van der Waals surface area (Å²) >= 11 is 0. The SMILES string of the molecule is CCc1ccc(OC(CC)C(=O)Nc2ccccc2C(=O)N2CCCC2)cc1. The maximum Gasteiger partial charge on any atom is 0.265 e. The smallest absolute Gasteiger partial charge is 0.265 e. The second-order valence-electron chi connectivity index (χ2n) is 7.05. The summed E-state index contributed by atoms with van der Waals surface area (Å²) in [7, 11) is 0. The number of benzene rings is 2. The Morgan fingerprint density at radius 1 is 1.04 bits per heavy atom. The molecule has 0 aliphatic carbocycles. The summed E-state index contributed by atoms with van der Waals surface area (Å²) in [4.78, 5) is 27.4. The van der Waals surface area contributed by atoms with Crippen molar-refractivity contribution in [3.05, 3.63) is 59.7 Å².